The number of aromatic nitrogens is 1. The zero-order valence-electron chi connectivity index (χ0n) is 10.5. The molecule has 2 aromatic rings. The van der Waals surface area contributed by atoms with Crippen molar-refractivity contribution in [2.75, 3.05) is 11.9 Å². The zero-order chi connectivity index (χ0) is 13.7. The van der Waals surface area contributed by atoms with Crippen LogP contribution in [0.15, 0.2) is 36.4 Å². The second-order valence-electron chi connectivity index (χ2n) is 3.90. The Morgan fingerprint density at radius 1 is 1.32 bits per heavy atom. The van der Waals surface area contributed by atoms with Crippen LogP contribution in [-0.2, 0) is 6.61 Å². The molecule has 1 aromatic heterocycles. The first-order chi connectivity index (χ1) is 9.19. The topological polar surface area (TPSA) is 34.1 Å². The molecule has 1 heterocycles. The molecule has 0 fully saturated rings. The Kier molecular flexibility index (Phi) is 5.27. The van der Waals surface area contributed by atoms with Crippen molar-refractivity contribution in [3.05, 3.63) is 50.7 Å². The number of nitrogens with one attached hydrogen (secondary N) is 1. The third-order valence-electron chi connectivity index (χ3n) is 2.45. The van der Waals surface area contributed by atoms with Gasteiger partial charge in [0.05, 0.1) is 10.7 Å². The first kappa shape index (κ1) is 14.4. The Morgan fingerprint density at radius 2 is 2.16 bits per heavy atom. The average molecular weight is 389 g/mol. The predicted molar refractivity (Wildman–Crippen MR) is 86.9 cm³/mol. The van der Waals surface area contributed by atoms with Gasteiger partial charge in [-0.05, 0) is 59.8 Å². The van der Waals surface area contributed by atoms with Crippen LogP contribution in [0.5, 0.6) is 5.75 Å². The minimum atomic E-state index is 0.359. The normalized spacial score (nSPS) is 10.3. The Hall–Kier alpha value is -1.01. The summed E-state index contributed by atoms with van der Waals surface area (Å²) < 4.78 is 6.84. The van der Waals surface area contributed by atoms with Gasteiger partial charge in [-0.3, -0.25) is 0 Å². The number of benzene rings is 1. The molecule has 1 N–H and O–H groups in total. The quantitative estimate of drug-likeness (QED) is 0.773. The lowest BCUT2D eigenvalue weighted by Gasteiger charge is -2.09. The van der Waals surface area contributed by atoms with Crippen molar-refractivity contribution in [1.29, 1.82) is 0 Å². The SMILES string of the molecule is CCNc1ccc(Cl)c(COc2cccc(I)c2)n1. The van der Waals surface area contributed by atoms with Crippen LogP contribution in [0.2, 0.25) is 5.02 Å². The zero-order valence-corrected chi connectivity index (χ0v) is 13.4. The van der Waals surface area contributed by atoms with Crippen molar-refractivity contribution in [2.45, 2.75) is 13.5 Å². The molecule has 2 rings (SSSR count). The number of ether oxygens (including phenoxy) is 1. The number of rotatable bonds is 5. The summed E-state index contributed by atoms with van der Waals surface area (Å²) in [7, 11) is 0. The van der Waals surface area contributed by atoms with Crippen LogP contribution in [0.1, 0.15) is 12.6 Å². The van der Waals surface area contributed by atoms with Gasteiger partial charge in [0.25, 0.3) is 0 Å². The molecule has 100 valence electrons. The second kappa shape index (κ2) is 6.96. The molecule has 19 heavy (non-hydrogen) atoms. The summed E-state index contributed by atoms with van der Waals surface area (Å²) in [4.78, 5) is 4.43. The fourth-order valence-electron chi connectivity index (χ4n) is 1.57. The molecule has 0 radical (unpaired) electrons. The van der Waals surface area contributed by atoms with E-state index in [-0.39, 0.29) is 0 Å². The molecular formula is C14H14ClIN2O. The largest absolute Gasteiger partial charge is 0.487 e. The Bertz CT molecular complexity index is 563. The Labute approximate surface area is 131 Å². The molecular weight excluding hydrogens is 375 g/mol. The maximum atomic E-state index is 6.12. The molecule has 1 aromatic carbocycles. The average Bonchev–Trinajstić information content (AvgIpc) is 2.40. The summed E-state index contributed by atoms with van der Waals surface area (Å²) >= 11 is 8.37. The minimum Gasteiger partial charge on any atom is -0.487 e. The summed E-state index contributed by atoms with van der Waals surface area (Å²) in [6.45, 7) is 3.21. The van der Waals surface area contributed by atoms with Gasteiger partial charge in [0.15, 0.2) is 0 Å². The van der Waals surface area contributed by atoms with E-state index in [4.69, 9.17) is 16.3 Å². The van der Waals surface area contributed by atoms with Crippen molar-refractivity contribution in [3.63, 3.8) is 0 Å². The number of nitrogens with zero attached hydrogens (tertiary/aromatic N) is 1. The van der Waals surface area contributed by atoms with Gasteiger partial charge in [-0.15, -0.1) is 0 Å². The monoisotopic (exact) mass is 388 g/mol. The van der Waals surface area contributed by atoms with Crippen LogP contribution < -0.4 is 10.1 Å². The maximum Gasteiger partial charge on any atom is 0.132 e. The standard InChI is InChI=1S/C14H14ClIN2O/c1-2-17-14-7-6-12(15)13(18-14)9-19-11-5-3-4-10(16)8-11/h3-8H,2,9H2,1H3,(H,17,18). The van der Waals surface area contributed by atoms with Crippen LogP contribution >= 0.6 is 34.2 Å². The molecule has 0 amide bonds. The van der Waals surface area contributed by atoms with Crippen molar-refractivity contribution in [1.82, 2.24) is 4.98 Å². The molecule has 0 aliphatic rings. The summed E-state index contributed by atoms with van der Waals surface area (Å²) in [5.74, 6) is 1.63. The number of pyridine rings is 1. The van der Waals surface area contributed by atoms with Crippen LogP contribution in [0, 0.1) is 3.57 Å². The van der Waals surface area contributed by atoms with E-state index in [2.05, 4.69) is 32.9 Å². The lowest BCUT2D eigenvalue weighted by molar-refractivity contribution is 0.301. The van der Waals surface area contributed by atoms with E-state index < -0.39 is 0 Å². The van der Waals surface area contributed by atoms with Gasteiger partial charge in [-0.1, -0.05) is 17.7 Å². The molecule has 0 unspecified atom stereocenters. The third-order valence-corrected chi connectivity index (χ3v) is 3.46. The van der Waals surface area contributed by atoms with Crippen molar-refractivity contribution in [2.24, 2.45) is 0 Å². The van der Waals surface area contributed by atoms with Gasteiger partial charge in [0, 0.05) is 10.1 Å². The first-order valence-electron chi connectivity index (χ1n) is 5.96. The maximum absolute atomic E-state index is 6.12. The van der Waals surface area contributed by atoms with Crippen LogP contribution in [0.4, 0.5) is 5.82 Å². The van der Waals surface area contributed by atoms with Crippen LogP contribution in [-0.4, -0.2) is 11.5 Å². The summed E-state index contributed by atoms with van der Waals surface area (Å²) in [5.41, 5.74) is 0.735. The fraction of sp³-hybridized carbons (Fsp3) is 0.214. The van der Waals surface area contributed by atoms with Crippen molar-refractivity contribution >= 4 is 40.0 Å². The van der Waals surface area contributed by atoms with E-state index in [0.717, 1.165) is 27.4 Å². The van der Waals surface area contributed by atoms with Gasteiger partial charge >= 0.3 is 0 Å². The highest BCUT2D eigenvalue weighted by Crippen LogP contribution is 2.20. The molecule has 5 heteroatoms. The molecule has 0 saturated heterocycles. The molecule has 0 bridgehead atoms. The fourth-order valence-corrected chi connectivity index (χ4v) is 2.25. The van der Waals surface area contributed by atoms with Gasteiger partial charge in [-0.25, -0.2) is 4.98 Å². The highest BCUT2D eigenvalue weighted by Gasteiger charge is 2.05. The van der Waals surface area contributed by atoms with Gasteiger partial charge < -0.3 is 10.1 Å². The smallest absolute Gasteiger partial charge is 0.132 e. The number of hydrogen-bond acceptors (Lipinski definition) is 3. The van der Waals surface area contributed by atoms with Crippen molar-refractivity contribution in [3.8, 4) is 5.75 Å². The molecule has 0 saturated carbocycles. The number of halogens is 2. The highest BCUT2D eigenvalue weighted by molar-refractivity contribution is 14.1. The molecule has 0 aliphatic carbocycles. The van der Waals surface area contributed by atoms with Crippen LogP contribution in [0.25, 0.3) is 0 Å². The number of hydrogen-bond donors (Lipinski definition) is 1. The van der Waals surface area contributed by atoms with Crippen LogP contribution in [0.3, 0.4) is 0 Å². The van der Waals surface area contributed by atoms with Gasteiger partial charge in [-0.2, -0.15) is 0 Å². The van der Waals surface area contributed by atoms with E-state index in [1.54, 1.807) is 0 Å². The summed E-state index contributed by atoms with van der Waals surface area (Å²) in [5, 5.41) is 3.77. The van der Waals surface area contributed by atoms with Gasteiger partial charge in [0.1, 0.15) is 18.2 Å². The number of anilines is 1. The Morgan fingerprint density at radius 3 is 2.89 bits per heavy atom. The molecule has 0 aliphatic heterocycles. The molecule has 0 spiro atoms. The predicted octanol–water partition coefficient (Wildman–Crippen LogP) is 4.35. The minimum absolute atomic E-state index is 0.359. The lowest BCUT2D eigenvalue weighted by atomic mass is 10.3. The molecule has 3 nitrogen and oxygen atoms in total. The van der Waals surface area contributed by atoms with E-state index in [1.165, 1.54) is 0 Å². The van der Waals surface area contributed by atoms with Gasteiger partial charge in [0.2, 0.25) is 0 Å². The van der Waals surface area contributed by atoms with E-state index in [1.807, 2.05) is 43.3 Å². The van der Waals surface area contributed by atoms with E-state index in [9.17, 15) is 0 Å². The Balaban J connectivity index is 2.08. The summed E-state index contributed by atoms with van der Waals surface area (Å²) in [6.07, 6.45) is 0. The third kappa shape index (κ3) is 4.24. The first-order valence-corrected chi connectivity index (χ1v) is 7.42. The van der Waals surface area contributed by atoms with E-state index >= 15 is 0 Å². The lowest BCUT2D eigenvalue weighted by Crippen LogP contribution is -2.04. The summed E-state index contributed by atoms with van der Waals surface area (Å²) in [6, 6.07) is 11.6. The molecule has 0 atom stereocenters. The van der Waals surface area contributed by atoms with E-state index in [0.29, 0.717) is 11.6 Å². The van der Waals surface area contributed by atoms with Crippen molar-refractivity contribution < 1.29 is 4.74 Å². The second-order valence-corrected chi connectivity index (χ2v) is 5.55. The highest BCUT2D eigenvalue weighted by atomic mass is 127.